The third-order valence-electron chi connectivity index (χ3n) is 5.02. The van der Waals surface area contributed by atoms with Gasteiger partial charge >= 0.3 is 0 Å². The average Bonchev–Trinajstić information content (AvgIpc) is 2.83. The summed E-state index contributed by atoms with van der Waals surface area (Å²) in [5.41, 5.74) is 12.5. The minimum absolute atomic E-state index is 0.0784. The SMILES string of the molecule is CC(C)(NSc1ccc(-c2cccc(CNC(=O)c3ccccc3)c2)cc1)/C(=C/N)NN. The molecule has 0 radical (unpaired) electrons. The molecule has 3 aromatic rings. The summed E-state index contributed by atoms with van der Waals surface area (Å²) in [5, 5.41) is 2.97. The standard InChI is InChI=1S/C25H29N5OS/c1-25(2,23(16-26)29-27)30-32-22-13-11-19(12-14-22)21-10-6-7-18(15-21)17-28-24(31)20-8-4-3-5-9-20/h3-16,29-30H,17,26-27H2,1-2H3,(H,28,31)/b23-16-. The molecule has 166 valence electrons. The first-order valence-corrected chi connectivity index (χ1v) is 11.1. The Hall–Kier alpha value is -3.26. The van der Waals surface area contributed by atoms with Gasteiger partial charge in [0.1, 0.15) is 0 Å². The number of benzene rings is 3. The zero-order valence-corrected chi connectivity index (χ0v) is 19.1. The lowest BCUT2D eigenvalue weighted by Gasteiger charge is -2.28. The number of rotatable bonds is 9. The van der Waals surface area contributed by atoms with Crippen LogP contribution < -0.4 is 27.0 Å². The summed E-state index contributed by atoms with van der Waals surface area (Å²) < 4.78 is 3.37. The molecule has 0 heterocycles. The Morgan fingerprint density at radius 2 is 1.69 bits per heavy atom. The van der Waals surface area contributed by atoms with Gasteiger partial charge in [-0.15, -0.1) is 0 Å². The predicted molar refractivity (Wildman–Crippen MR) is 132 cm³/mol. The van der Waals surface area contributed by atoms with E-state index in [-0.39, 0.29) is 5.91 Å². The fraction of sp³-hybridized carbons (Fsp3) is 0.160. The average molecular weight is 448 g/mol. The highest BCUT2D eigenvalue weighted by molar-refractivity contribution is 7.97. The van der Waals surface area contributed by atoms with Gasteiger partial charge in [-0.1, -0.05) is 48.5 Å². The van der Waals surface area contributed by atoms with Crippen LogP contribution in [0.25, 0.3) is 11.1 Å². The minimum atomic E-state index is -0.411. The Balaban J connectivity index is 1.62. The van der Waals surface area contributed by atoms with Gasteiger partial charge in [0.15, 0.2) is 0 Å². The van der Waals surface area contributed by atoms with Crippen LogP contribution in [0, 0.1) is 0 Å². The number of amides is 1. The molecule has 1 amide bonds. The van der Waals surface area contributed by atoms with Crippen molar-refractivity contribution < 1.29 is 4.79 Å². The normalized spacial score (nSPS) is 11.8. The van der Waals surface area contributed by atoms with Crippen molar-refractivity contribution in [2.75, 3.05) is 0 Å². The second-order valence-corrected chi connectivity index (χ2v) is 8.71. The summed E-state index contributed by atoms with van der Waals surface area (Å²) >= 11 is 1.51. The maximum Gasteiger partial charge on any atom is 0.251 e. The van der Waals surface area contributed by atoms with E-state index in [0.717, 1.165) is 21.6 Å². The maximum atomic E-state index is 12.3. The zero-order valence-electron chi connectivity index (χ0n) is 18.3. The first-order chi connectivity index (χ1) is 15.4. The van der Waals surface area contributed by atoms with Crippen LogP contribution in [-0.2, 0) is 6.54 Å². The highest BCUT2D eigenvalue weighted by Crippen LogP contribution is 2.26. The van der Waals surface area contributed by atoms with Crippen LogP contribution in [0.1, 0.15) is 29.8 Å². The molecular formula is C25H29N5OS. The summed E-state index contributed by atoms with van der Waals surface area (Å²) in [4.78, 5) is 13.4. The maximum absolute atomic E-state index is 12.3. The monoisotopic (exact) mass is 447 g/mol. The van der Waals surface area contributed by atoms with E-state index in [9.17, 15) is 4.79 Å². The van der Waals surface area contributed by atoms with Gasteiger partial charge in [-0.25, -0.2) is 4.72 Å². The summed E-state index contributed by atoms with van der Waals surface area (Å²) in [7, 11) is 0. The molecule has 0 saturated carbocycles. The summed E-state index contributed by atoms with van der Waals surface area (Å²) in [6, 6.07) is 25.7. The summed E-state index contributed by atoms with van der Waals surface area (Å²) in [5.74, 6) is 5.45. The number of hydrazine groups is 1. The topological polar surface area (TPSA) is 105 Å². The lowest BCUT2D eigenvalue weighted by molar-refractivity contribution is 0.0951. The Morgan fingerprint density at radius 3 is 2.34 bits per heavy atom. The number of carbonyl (C=O) groups excluding carboxylic acids is 1. The van der Waals surface area contributed by atoms with Crippen molar-refractivity contribution in [3.63, 3.8) is 0 Å². The van der Waals surface area contributed by atoms with Gasteiger partial charge in [0, 0.05) is 23.2 Å². The molecule has 7 N–H and O–H groups in total. The van der Waals surface area contributed by atoms with Crippen molar-refractivity contribution in [3.05, 3.63) is 102 Å². The molecule has 3 rings (SSSR count). The molecule has 0 aliphatic heterocycles. The summed E-state index contributed by atoms with van der Waals surface area (Å²) in [6.45, 7) is 4.46. The smallest absolute Gasteiger partial charge is 0.251 e. The molecule has 7 heteroatoms. The molecule has 0 unspecified atom stereocenters. The first kappa shape index (κ1) is 23.4. The molecule has 0 spiro atoms. The highest BCUT2D eigenvalue weighted by atomic mass is 32.2. The second kappa shape index (κ2) is 10.9. The number of nitrogens with two attached hydrogens (primary N) is 2. The van der Waals surface area contributed by atoms with Gasteiger partial charge in [0.2, 0.25) is 0 Å². The Morgan fingerprint density at radius 1 is 0.969 bits per heavy atom. The Labute approximate surface area is 193 Å². The van der Waals surface area contributed by atoms with Gasteiger partial charge in [-0.05, 0) is 72.8 Å². The van der Waals surface area contributed by atoms with Crippen LogP contribution in [0.4, 0.5) is 0 Å². The van der Waals surface area contributed by atoms with E-state index in [1.165, 1.54) is 18.1 Å². The number of carbonyl (C=O) groups is 1. The zero-order chi connectivity index (χ0) is 23.0. The van der Waals surface area contributed by atoms with Crippen LogP contribution in [0.3, 0.4) is 0 Å². The quantitative estimate of drug-likeness (QED) is 0.193. The molecule has 0 aromatic heterocycles. The van der Waals surface area contributed by atoms with E-state index < -0.39 is 5.54 Å². The molecule has 0 saturated heterocycles. The van der Waals surface area contributed by atoms with E-state index in [4.69, 9.17) is 11.6 Å². The molecule has 32 heavy (non-hydrogen) atoms. The third-order valence-corrected chi connectivity index (χ3v) is 6.14. The summed E-state index contributed by atoms with van der Waals surface area (Å²) in [6.07, 6.45) is 1.46. The van der Waals surface area contributed by atoms with Crippen LogP contribution in [0.15, 0.2) is 95.7 Å². The molecule has 0 fully saturated rings. The highest BCUT2D eigenvalue weighted by Gasteiger charge is 2.22. The van der Waals surface area contributed by atoms with Crippen molar-refractivity contribution in [3.8, 4) is 11.1 Å². The molecule has 0 bridgehead atoms. The van der Waals surface area contributed by atoms with Crippen LogP contribution in [0.2, 0.25) is 0 Å². The molecule has 6 nitrogen and oxygen atoms in total. The fourth-order valence-electron chi connectivity index (χ4n) is 3.13. The predicted octanol–water partition coefficient (Wildman–Crippen LogP) is 3.92. The minimum Gasteiger partial charge on any atom is -0.403 e. The largest absolute Gasteiger partial charge is 0.403 e. The fourth-order valence-corrected chi connectivity index (χ4v) is 3.88. The Bertz CT molecular complexity index is 1070. The van der Waals surface area contributed by atoms with Crippen molar-refractivity contribution in [2.24, 2.45) is 11.6 Å². The second-order valence-electron chi connectivity index (χ2n) is 7.83. The van der Waals surface area contributed by atoms with E-state index >= 15 is 0 Å². The van der Waals surface area contributed by atoms with Gasteiger partial charge in [-0.2, -0.15) is 0 Å². The van der Waals surface area contributed by atoms with Crippen molar-refractivity contribution >= 4 is 17.9 Å². The van der Waals surface area contributed by atoms with E-state index in [2.05, 4.69) is 51.9 Å². The molecule has 3 aromatic carbocycles. The lowest BCUT2D eigenvalue weighted by Crippen LogP contribution is -2.44. The number of nitrogens with one attached hydrogen (secondary N) is 3. The Kier molecular flexibility index (Phi) is 7.94. The van der Waals surface area contributed by atoms with E-state index in [0.29, 0.717) is 17.8 Å². The number of hydrogen-bond acceptors (Lipinski definition) is 6. The molecule has 0 aliphatic carbocycles. The lowest BCUT2D eigenvalue weighted by atomic mass is 10.0. The van der Waals surface area contributed by atoms with Gasteiger partial charge in [0.05, 0.1) is 11.2 Å². The van der Waals surface area contributed by atoms with Gasteiger partial charge in [0.25, 0.3) is 5.91 Å². The number of hydrogen-bond donors (Lipinski definition) is 5. The van der Waals surface area contributed by atoms with Crippen LogP contribution in [0.5, 0.6) is 0 Å². The van der Waals surface area contributed by atoms with E-state index in [1.807, 2.05) is 44.2 Å². The first-order valence-electron chi connectivity index (χ1n) is 10.3. The van der Waals surface area contributed by atoms with Gasteiger partial charge < -0.3 is 16.5 Å². The molecule has 0 atom stereocenters. The van der Waals surface area contributed by atoms with E-state index in [1.54, 1.807) is 12.1 Å². The van der Waals surface area contributed by atoms with Crippen molar-refractivity contribution in [1.82, 2.24) is 15.5 Å². The molecular weight excluding hydrogens is 418 g/mol. The van der Waals surface area contributed by atoms with Crippen LogP contribution in [-0.4, -0.2) is 11.4 Å². The third kappa shape index (κ3) is 6.13. The van der Waals surface area contributed by atoms with Crippen molar-refractivity contribution in [1.29, 1.82) is 0 Å². The van der Waals surface area contributed by atoms with Crippen molar-refractivity contribution in [2.45, 2.75) is 30.8 Å². The van der Waals surface area contributed by atoms with Gasteiger partial charge in [-0.3, -0.25) is 10.6 Å². The van der Waals surface area contributed by atoms with Crippen LogP contribution >= 0.6 is 11.9 Å². The molecule has 0 aliphatic rings.